The van der Waals surface area contributed by atoms with E-state index in [2.05, 4.69) is 120 Å². The number of benzene rings is 3. The maximum Gasteiger partial charge on any atom is -1.00 e. The van der Waals surface area contributed by atoms with Crippen molar-refractivity contribution in [2.75, 3.05) is 12.3 Å². The number of rotatable bonds is 8. The maximum atomic E-state index is 2.64. The molecule has 37 heavy (non-hydrogen) atoms. The second-order valence-electron chi connectivity index (χ2n) is 11.0. The van der Waals surface area contributed by atoms with Crippen LogP contribution in [0.25, 0.3) is 23.3 Å². The number of halogens is 2. The van der Waals surface area contributed by atoms with Crippen molar-refractivity contribution in [3.8, 4) is 11.1 Å². The molecular weight excluding hydrogens is 677 g/mol. The van der Waals surface area contributed by atoms with E-state index in [0.29, 0.717) is 3.67 Å². The Bertz CT molecular complexity index is 1250. The molecule has 0 amide bonds. The summed E-state index contributed by atoms with van der Waals surface area (Å²) in [6.45, 7) is 12.1. The molecule has 4 heteroatoms. The van der Waals surface area contributed by atoms with Crippen LogP contribution in [-0.2, 0) is 22.9 Å². The monoisotopic (exact) mass is 714 g/mol. The van der Waals surface area contributed by atoms with E-state index in [9.17, 15) is 0 Å². The molecular formula is C33H37Cl2HfP. The average molecular weight is 714 g/mol. The fourth-order valence-electron chi connectivity index (χ4n) is 5.73. The zero-order chi connectivity index (χ0) is 24.5. The molecule has 0 spiro atoms. The Morgan fingerprint density at radius 3 is 2.00 bits per heavy atom. The standard InChI is InChI=1S/C17H24P.C16H13.2ClH.Hf/c1-13(2)11-18(12-14(3)4)17-9-15-7-5-6-8-16(15)10-17;1-12-10-14-8-5-9-15(16(14)11-12)13-6-3-2-4-7-13;;;/h5-10,13-14H,11-12H2,1-4H3;2-11H,1H3;2*1H;/q;;;;+2/p-2. The summed E-state index contributed by atoms with van der Waals surface area (Å²) in [6, 6.07) is 27.3. The van der Waals surface area contributed by atoms with Gasteiger partial charge in [-0.05, 0) is 0 Å². The predicted molar refractivity (Wildman–Crippen MR) is 152 cm³/mol. The molecule has 5 rings (SSSR count). The van der Waals surface area contributed by atoms with Crippen molar-refractivity contribution in [1.82, 2.24) is 0 Å². The SMILES string of the molecule is CC1=Cc2c(-c3ccccc3)cccc2[CH]1[Hf+2][CH]1C(P(CC(C)C)CC(C)C)=Cc2ccccc21.[Cl-].[Cl-]. The molecule has 2 atom stereocenters. The minimum absolute atomic E-state index is 0. The van der Waals surface area contributed by atoms with Gasteiger partial charge in [-0.25, -0.2) is 0 Å². The van der Waals surface area contributed by atoms with Gasteiger partial charge in [0.25, 0.3) is 0 Å². The van der Waals surface area contributed by atoms with Gasteiger partial charge in [-0.2, -0.15) is 0 Å². The van der Waals surface area contributed by atoms with E-state index in [1.54, 1.807) is 16.7 Å². The van der Waals surface area contributed by atoms with E-state index in [1.807, 2.05) is 5.31 Å². The number of allylic oxidation sites excluding steroid dienone is 2. The summed E-state index contributed by atoms with van der Waals surface area (Å²) in [5.74, 6) is 1.53. The average Bonchev–Trinajstić information content (AvgIpc) is 3.36. The molecule has 3 aromatic rings. The first-order chi connectivity index (χ1) is 16.9. The van der Waals surface area contributed by atoms with Crippen LogP contribution in [0.15, 0.2) is 83.7 Å². The van der Waals surface area contributed by atoms with Crippen molar-refractivity contribution in [3.63, 3.8) is 0 Å². The third-order valence-electron chi connectivity index (χ3n) is 7.14. The van der Waals surface area contributed by atoms with Crippen molar-refractivity contribution in [3.05, 3.63) is 106 Å². The maximum absolute atomic E-state index is 2.64. The van der Waals surface area contributed by atoms with Gasteiger partial charge in [-0.1, -0.05) is 0 Å². The Balaban J connectivity index is 0.00000190. The zero-order valence-corrected chi connectivity index (χ0v) is 28.5. The Morgan fingerprint density at radius 2 is 1.32 bits per heavy atom. The summed E-state index contributed by atoms with van der Waals surface area (Å²) in [5, 5.41) is 1.84. The summed E-state index contributed by atoms with van der Waals surface area (Å²) in [7, 11) is -0.0802. The first kappa shape index (κ1) is 30.6. The summed E-state index contributed by atoms with van der Waals surface area (Å²) >= 11 is -1.14. The van der Waals surface area contributed by atoms with Crippen LogP contribution in [-0.4, -0.2) is 12.3 Å². The first-order valence-corrected chi connectivity index (χ1v) is 19.0. The minimum atomic E-state index is -1.14. The van der Waals surface area contributed by atoms with Crippen LogP contribution in [0.2, 0.25) is 0 Å². The van der Waals surface area contributed by atoms with E-state index in [4.69, 9.17) is 0 Å². The Kier molecular flexibility index (Phi) is 11.1. The smallest absolute Gasteiger partial charge is 1.00 e. The number of hydrogen-bond acceptors (Lipinski definition) is 0. The molecule has 0 aliphatic heterocycles. The van der Waals surface area contributed by atoms with Crippen LogP contribution in [0.1, 0.15) is 64.2 Å². The molecule has 0 bridgehead atoms. The van der Waals surface area contributed by atoms with E-state index < -0.39 is 22.9 Å². The van der Waals surface area contributed by atoms with Crippen molar-refractivity contribution in [2.24, 2.45) is 11.8 Å². The summed E-state index contributed by atoms with van der Waals surface area (Å²) < 4.78 is 1.41. The summed E-state index contributed by atoms with van der Waals surface area (Å²) in [5.41, 5.74) is 10.6. The normalized spacial score (nSPS) is 17.5. The molecule has 0 N–H and O–H groups in total. The largest absolute Gasteiger partial charge is 1.00 e. The molecule has 0 saturated heterocycles. The fourth-order valence-corrected chi connectivity index (χ4v) is 18.0. The Hall–Kier alpha value is -0.980. The summed E-state index contributed by atoms with van der Waals surface area (Å²) in [4.78, 5) is 0. The summed E-state index contributed by atoms with van der Waals surface area (Å²) in [6.07, 6.45) is 7.91. The molecule has 0 nitrogen and oxygen atoms in total. The van der Waals surface area contributed by atoms with Crippen molar-refractivity contribution in [1.29, 1.82) is 0 Å². The van der Waals surface area contributed by atoms with Crippen LogP contribution in [0.4, 0.5) is 0 Å². The van der Waals surface area contributed by atoms with Gasteiger partial charge in [0.15, 0.2) is 0 Å². The fraction of sp³-hybridized carbons (Fsp3) is 0.333. The van der Waals surface area contributed by atoms with Crippen LogP contribution < -0.4 is 24.8 Å². The van der Waals surface area contributed by atoms with Gasteiger partial charge in [0.2, 0.25) is 0 Å². The van der Waals surface area contributed by atoms with Gasteiger partial charge >= 0.3 is 226 Å². The third kappa shape index (κ3) is 6.61. The molecule has 0 saturated carbocycles. The third-order valence-corrected chi connectivity index (χ3v) is 18.9. The van der Waals surface area contributed by atoms with Crippen LogP contribution in [0, 0.1) is 11.8 Å². The molecule has 2 unspecified atom stereocenters. The van der Waals surface area contributed by atoms with E-state index in [0.717, 1.165) is 15.5 Å². The molecule has 3 aromatic carbocycles. The van der Waals surface area contributed by atoms with E-state index >= 15 is 0 Å². The van der Waals surface area contributed by atoms with Gasteiger partial charge in [0.05, 0.1) is 0 Å². The van der Waals surface area contributed by atoms with Gasteiger partial charge < -0.3 is 24.8 Å². The van der Waals surface area contributed by atoms with Crippen molar-refractivity contribution < 1.29 is 47.7 Å². The molecule has 0 aromatic heterocycles. The Morgan fingerprint density at radius 1 is 0.703 bits per heavy atom. The topological polar surface area (TPSA) is 0 Å². The number of hydrogen-bond donors (Lipinski definition) is 0. The number of fused-ring (bicyclic) bond motifs is 2. The van der Waals surface area contributed by atoms with Crippen molar-refractivity contribution in [2.45, 2.75) is 42.0 Å². The second-order valence-corrected chi connectivity index (χ2v) is 18.7. The van der Waals surface area contributed by atoms with Crippen molar-refractivity contribution >= 4 is 20.1 Å². The van der Waals surface area contributed by atoms with Crippen LogP contribution in [0.3, 0.4) is 0 Å². The van der Waals surface area contributed by atoms with Gasteiger partial charge in [0, 0.05) is 0 Å². The molecule has 0 fully saturated rings. The van der Waals surface area contributed by atoms with Crippen LogP contribution in [0.5, 0.6) is 0 Å². The molecule has 0 heterocycles. The first-order valence-electron chi connectivity index (χ1n) is 13.1. The minimum Gasteiger partial charge on any atom is -1.00 e. The predicted octanol–water partition coefficient (Wildman–Crippen LogP) is 3.79. The molecule has 192 valence electrons. The van der Waals surface area contributed by atoms with E-state index in [1.165, 1.54) is 34.6 Å². The molecule has 2 aliphatic carbocycles. The zero-order valence-electron chi connectivity index (χ0n) is 22.5. The van der Waals surface area contributed by atoms with Crippen LogP contribution >= 0.6 is 7.92 Å². The second kappa shape index (κ2) is 13.4. The Labute approximate surface area is 249 Å². The van der Waals surface area contributed by atoms with Gasteiger partial charge in [-0.3, -0.25) is 0 Å². The molecule has 2 aliphatic rings. The van der Waals surface area contributed by atoms with Gasteiger partial charge in [-0.15, -0.1) is 0 Å². The van der Waals surface area contributed by atoms with Gasteiger partial charge in [0.1, 0.15) is 0 Å². The van der Waals surface area contributed by atoms with E-state index in [-0.39, 0.29) is 32.7 Å². The molecule has 0 radical (unpaired) electrons. The quantitative estimate of drug-likeness (QED) is 0.247.